The molecule has 0 aromatic heterocycles. The molecule has 18 heavy (non-hydrogen) atoms. The number of hydrogen-bond acceptors (Lipinski definition) is 3. The zero-order chi connectivity index (χ0) is 13.0. The Balaban J connectivity index is 2.34. The van der Waals surface area contributed by atoms with Gasteiger partial charge in [0.1, 0.15) is 0 Å². The van der Waals surface area contributed by atoms with Gasteiger partial charge in [-0.1, -0.05) is 6.08 Å². The van der Waals surface area contributed by atoms with Crippen molar-refractivity contribution in [3.63, 3.8) is 0 Å². The number of rotatable bonds is 5. The summed E-state index contributed by atoms with van der Waals surface area (Å²) in [5.74, 6) is 1.63. The summed E-state index contributed by atoms with van der Waals surface area (Å²) in [6.45, 7) is 4.81. The van der Waals surface area contributed by atoms with Crippen LogP contribution in [-0.2, 0) is 6.42 Å². The first-order valence-corrected chi connectivity index (χ1v) is 6.39. The number of nitrogens with one attached hydrogen (secondary N) is 1. The van der Waals surface area contributed by atoms with Gasteiger partial charge in [-0.3, -0.25) is 0 Å². The lowest BCUT2D eigenvalue weighted by Gasteiger charge is -2.28. The van der Waals surface area contributed by atoms with Crippen molar-refractivity contribution in [1.29, 1.82) is 0 Å². The van der Waals surface area contributed by atoms with E-state index < -0.39 is 0 Å². The molecule has 0 spiro atoms. The average Bonchev–Trinajstić information content (AvgIpc) is 2.43. The van der Waals surface area contributed by atoms with Crippen LogP contribution < -0.4 is 14.8 Å². The Morgan fingerprint density at radius 1 is 1.33 bits per heavy atom. The predicted molar refractivity (Wildman–Crippen MR) is 73.4 cm³/mol. The topological polar surface area (TPSA) is 30.5 Å². The standard InChI is InChI=1S/C15H21NO2/c1-4-5-6-13-12-10-15(18-3)14(17-2)9-11(12)7-8-16-13/h4,9-10,13,16H,1,5-8H2,2-3H3. The number of benzene rings is 1. The van der Waals surface area contributed by atoms with Crippen LogP contribution in [-0.4, -0.2) is 20.8 Å². The third kappa shape index (κ3) is 2.51. The second-order valence-corrected chi connectivity index (χ2v) is 4.53. The summed E-state index contributed by atoms with van der Waals surface area (Å²) >= 11 is 0. The smallest absolute Gasteiger partial charge is 0.161 e. The molecule has 1 aliphatic heterocycles. The van der Waals surface area contributed by atoms with Gasteiger partial charge in [0.15, 0.2) is 11.5 Å². The predicted octanol–water partition coefficient (Wildman–Crippen LogP) is 2.86. The number of hydrogen-bond donors (Lipinski definition) is 1. The maximum Gasteiger partial charge on any atom is 0.161 e. The van der Waals surface area contributed by atoms with Crippen molar-refractivity contribution in [1.82, 2.24) is 5.32 Å². The molecule has 0 amide bonds. The van der Waals surface area contributed by atoms with Gasteiger partial charge in [-0.2, -0.15) is 0 Å². The lowest BCUT2D eigenvalue weighted by atomic mass is 9.91. The largest absolute Gasteiger partial charge is 0.493 e. The van der Waals surface area contributed by atoms with Gasteiger partial charge in [-0.05, 0) is 49.1 Å². The third-order valence-electron chi connectivity index (χ3n) is 3.47. The van der Waals surface area contributed by atoms with Crippen LogP contribution in [0.1, 0.15) is 30.0 Å². The zero-order valence-electron chi connectivity index (χ0n) is 11.2. The van der Waals surface area contributed by atoms with E-state index in [1.807, 2.05) is 6.08 Å². The maximum absolute atomic E-state index is 5.38. The third-order valence-corrected chi connectivity index (χ3v) is 3.47. The Hall–Kier alpha value is -1.48. The van der Waals surface area contributed by atoms with E-state index in [4.69, 9.17) is 9.47 Å². The van der Waals surface area contributed by atoms with Crippen molar-refractivity contribution in [2.45, 2.75) is 25.3 Å². The summed E-state index contributed by atoms with van der Waals surface area (Å²) in [5.41, 5.74) is 2.70. The molecule has 0 aliphatic carbocycles. The minimum absolute atomic E-state index is 0.395. The van der Waals surface area contributed by atoms with Crippen molar-refractivity contribution in [3.05, 3.63) is 35.9 Å². The molecule has 1 aromatic carbocycles. The van der Waals surface area contributed by atoms with Gasteiger partial charge < -0.3 is 14.8 Å². The first-order chi connectivity index (χ1) is 8.80. The number of fused-ring (bicyclic) bond motifs is 1. The van der Waals surface area contributed by atoms with E-state index >= 15 is 0 Å². The maximum atomic E-state index is 5.38. The van der Waals surface area contributed by atoms with Crippen LogP contribution in [0.3, 0.4) is 0 Å². The van der Waals surface area contributed by atoms with E-state index in [9.17, 15) is 0 Å². The highest BCUT2D eigenvalue weighted by Crippen LogP contribution is 2.36. The van der Waals surface area contributed by atoms with Gasteiger partial charge in [0.2, 0.25) is 0 Å². The molecule has 0 bridgehead atoms. The van der Waals surface area contributed by atoms with Crippen LogP contribution in [0, 0.1) is 0 Å². The lowest BCUT2D eigenvalue weighted by molar-refractivity contribution is 0.351. The van der Waals surface area contributed by atoms with E-state index in [0.29, 0.717) is 6.04 Å². The van der Waals surface area contributed by atoms with Gasteiger partial charge in [0.25, 0.3) is 0 Å². The van der Waals surface area contributed by atoms with Crippen molar-refractivity contribution in [2.75, 3.05) is 20.8 Å². The number of ether oxygens (including phenoxy) is 2. The fourth-order valence-corrected chi connectivity index (χ4v) is 2.51. The van der Waals surface area contributed by atoms with Crippen LogP contribution in [0.5, 0.6) is 11.5 Å². The minimum atomic E-state index is 0.395. The van der Waals surface area contributed by atoms with Crippen molar-refractivity contribution < 1.29 is 9.47 Å². The zero-order valence-corrected chi connectivity index (χ0v) is 11.2. The number of allylic oxidation sites excluding steroid dienone is 1. The number of methoxy groups -OCH3 is 2. The van der Waals surface area contributed by atoms with Crippen LogP contribution >= 0.6 is 0 Å². The molecule has 1 atom stereocenters. The molecule has 3 heteroatoms. The summed E-state index contributed by atoms with van der Waals surface area (Å²) in [6.07, 6.45) is 5.11. The monoisotopic (exact) mass is 247 g/mol. The Morgan fingerprint density at radius 2 is 2.06 bits per heavy atom. The van der Waals surface area contributed by atoms with Gasteiger partial charge in [-0.15, -0.1) is 6.58 Å². The average molecular weight is 247 g/mol. The van der Waals surface area contributed by atoms with Gasteiger partial charge >= 0.3 is 0 Å². The lowest BCUT2D eigenvalue weighted by Crippen LogP contribution is -2.29. The molecule has 1 N–H and O–H groups in total. The molecule has 2 rings (SSSR count). The van der Waals surface area contributed by atoms with Gasteiger partial charge in [0, 0.05) is 6.04 Å². The highest BCUT2D eigenvalue weighted by atomic mass is 16.5. The minimum Gasteiger partial charge on any atom is -0.493 e. The normalized spacial score (nSPS) is 18.0. The molecular weight excluding hydrogens is 226 g/mol. The first-order valence-electron chi connectivity index (χ1n) is 6.39. The molecule has 1 aromatic rings. The highest BCUT2D eigenvalue weighted by Gasteiger charge is 2.21. The van der Waals surface area contributed by atoms with Crippen LogP contribution in [0.25, 0.3) is 0 Å². The van der Waals surface area contributed by atoms with Crippen molar-refractivity contribution in [3.8, 4) is 11.5 Å². The molecule has 1 unspecified atom stereocenters. The van der Waals surface area contributed by atoms with Gasteiger partial charge in [-0.25, -0.2) is 0 Å². The summed E-state index contributed by atoms with van der Waals surface area (Å²) in [7, 11) is 3.36. The Morgan fingerprint density at radius 3 is 2.72 bits per heavy atom. The Bertz CT molecular complexity index is 429. The Kier molecular flexibility index (Phi) is 4.26. The molecule has 0 saturated heterocycles. The molecule has 1 heterocycles. The van der Waals surface area contributed by atoms with E-state index in [1.165, 1.54) is 11.1 Å². The van der Waals surface area contributed by atoms with Crippen molar-refractivity contribution in [2.24, 2.45) is 0 Å². The second-order valence-electron chi connectivity index (χ2n) is 4.53. The Labute approximate surface area is 109 Å². The fraction of sp³-hybridized carbons (Fsp3) is 0.467. The molecule has 0 fully saturated rings. The first kappa shape index (κ1) is 13.0. The van der Waals surface area contributed by atoms with E-state index in [-0.39, 0.29) is 0 Å². The SMILES string of the molecule is C=CCCC1NCCc2cc(OC)c(OC)cc21. The van der Waals surface area contributed by atoms with E-state index in [1.54, 1.807) is 14.2 Å². The molecule has 3 nitrogen and oxygen atoms in total. The van der Waals surface area contributed by atoms with Crippen molar-refractivity contribution >= 4 is 0 Å². The van der Waals surface area contributed by atoms with Crippen LogP contribution in [0.4, 0.5) is 0 Å². The molecular formula is C15H21NO2. The highest BCUT2D eigenvalue weighted by molar-refractivity contribution is 5.49. The summed E-state index contributed by atoms with van der Waals surface area (Å²) < 4.78 is 10.7. The summed E-state index contributed by atoms with van der Waals surface area (Å²) in [6, 6.07) is 4.61. The van der Waals surface area contributed by atoms with E-state index in [2.05, 4.69) is 24.0 Å². The van der Waals surface area contributed by atoms with Crippen LogP contribution in [0.2, 0.25) is 0 Å². The summed E-state index contributed by atoms with van der Waals surface area (Å²) in [5, 5.41) is 3.55. The summed E-state index contributed by atoms with van der Waals surface area (Å²) in [4.78, 5) is 0. The van der Waals surface area contributed by atoms with E-state index in [0.717, 1.165) is 37.3 Å². The molecule has 0 saturated carbocycles. The van der Waals surface area contributed by atoms with Crippen LogP contribution in [0.15, 0.2) is 24.8 Å². The van der Waals surface area contributed by atoms with Gasteiger partial charge in [0.05, 0.1) is 14.2 Å². The fourth-order valence-electron chi connectivity index (χ4n) is 2.51. The molecule has 98 valence electrons. The second kappa shape index (κ2) is 5.91. The quantitative estimate of drug-likeness (QED) is 0.812. The molecule has 1 aliphatic rings. The molecule has 0 radical (unpaired) electrons.